The van der Waals surface area contributed by atoms with E-state index in [9.17, 15) is 0 Å². The molecule has 0 saturated heterocycles. The van der Waals surface area contributed by atoms with Gasteiger partial charge in [-0.15, -0.1) is 0 Å². The lowest BCUT2D eigenvalue weighted by Gasteiger charge is -2.09. The lowest BCUT2D eigenvalue weighted by Crippen LogP contribution is -1.90. The van der Waals surface area contributed by atoms with Crippen LogP contribution in [0.25, 0.3) is 11.1 Å². The third kappa shape index (κ3) is 2.30. The Labute approximate surface area is 97.2 Å². The van der Waals surface area contributed by atoms with E-state index in [2.05, 4.69) is 49.2 Å². The van der Waals surface area contributed by atoms with Crippen LogP contribution in [0.4, 0.5) is 0 Å². The molecule has 1 nitrogen and oxygen atoms in total. The van der Waals surface area contributed by atoms with Crippen molar-refractivity contribution in [3.8, 4) is 11.1 Å². The Balaban J connectivity index is 2.26. The van der Waals surface area contributed by atoms with Crippen LogP contribution in [0, 0.1) is 0 Å². The molecule has 0 aliphatic carbocycles. The number of hydrogen-bond acceptors (Lipinski definition) is 1. The van der Waals surface area contributed by atoms with Crippen LogP contribution < -0.4 is 0 Å². The summed E-state index contributed by atoms with van der Waals surface area (Å²) in [5.74, 6) is 0.642. The van der Waals surface area contributed by atoms with E-state index >= 15 is 0 Å². The molecule has 2 aromatic rings. The molecule has 1 unspecified atom stereocenters. The standard InChI is InChI=1S/C15H17N/c1-3-12(2)13-6-8-14(9-7-13)15-5-4-10-16-11-15/h4-12H,3H2,1-2H3. The molecule has 1 heterocycles. The molecule has 0 saturated carbocycles. The second-order valence-corrected chi connectivity index (χ2v) is 4.17. The molecule has 0 fully saturated rings. The summed E-state index contributed by atoms with van der Waals surface area (Å²) in [6.07, 6.45) is 4.89. The molecule has 82 valence electrons. The molecule has 1 aromatic carbocycles. The molecule has 0 N–H and O–H groups in total. The molecule has 0 aliphatic heterocycles. The van der Waals surface area contributed by atoms with Gasteiger partial charge in [0.1, 0.15) is 0 Å². The number of aromatic nitrogens is 1. The summed E-state index contributed by atoms with van der Waals surface area (Å²) >= 11 is 0. The number of pyridine rings is 1. The minimum atomic E-state index is 0.642. The van der Waals surface area contributed by atoms with Crippen molar-refractivity contribution in [3.05, 3.63) is 54.4 Å². The van der Waals surface area contributed by atoms with E-state index in [0.29, 0.717) is 5.92 Å². The van der Waals surface area contributed by atoms with Crippen molar-refractivity contribution in [1.82, 2.24) is 4.98 Å². The van der Waals surface area contributed by atoms with Crippen LogP contribution in [0.1, 0.15) is 31.7 Å². The number of hydrogen-bond donors (Lipinski definition) is 0. The molecule has 0 bridgehead atoms. The van der Waals surface area contributed by atoms with E-state index in [1.807, 2.05) is 12.3 Å². The average Bonchev–Trinajstić information content (AvgIpc) is 2.39. The fraction of sp³-hybridized carbons (Fsp3) is 0.267. The normalized spacial score (nSPS) is 12.4. The van der Waals surface area contributed by atoms with E-state index in [0.717, 1.165) is 0 Å². The fourth-order valence-corrected chi connectivity index (χ4v) is 1.77. The smallest absolute Gasteiger partial charge is 0.0346 e. The van der Waals surface area contributed by atoms with Gasteiger partial charge in [-0.25, -0.2) is 0 Å². The van der Waals surface area contributed by atoms with Crippen LogP contribution in [0.15, 0.2) is 48.8 Å². The summed E-state index contributed by atoms with van der Waals surface area (Å²) in [5, 5.41) is 0. The van der Waals surface area contributed by atoms with Crippen molar-refractivity contribution in [1.29, 1.82) is 0 Å². The number of benzene rings is 1. The number of rotatable bonds is 3. The zero-order valence-electron chi connectivity index (χ0n) is 9.85. The predicted molar refractivity (Wildman–Crippen MR) is 68.4 cm³/mol. The SMILES string of the molecule is CCC(C)c1ccc(-c2cccnc2)cc1. The first kappa shape index (κ1) is 10.9. The molecule has 0 aliphatic rings. The summed E-state index contributed by atoms with van der Waals surface area (Å²) in [6.45, 7) is 4.48. The predicted octanol–water partition coefficient (Wildman–Crippen LogP) is 4.26. The highest BCUT2D eigenvalue weighted by Gasteiger charge is 2.03. The monoisotopic (exact) mass is 211 g/mol. The second kappa shape index (κ2) is 4.93. The highest BCUT2D eigenvalue weighted by Crippen LogP contribution is 2.23. The summed E-state index contributed by atoms with van der Waals surface area (Å²) in [6, 6.07) is 12.9. The highest BCUT2D eigenvalue weighted by molar-refractivity contribution is 5.62. The molecule has 16 heavy (non-hydrogen) atoms. The Hall–Kier alpha value is -1.63. The van der Waals surface area contributed by atoms with Crippen LogP contribution in [0.5, 0.6) is 0 Å². The maximum absolute atomic E-state index is 4.13. The molecule has 0 amide bonds. The van der Waals surface area contributed by atoms with Gasteiger partial charge in [0.05, 0.1) is 0 Å². The Bertz CT molecular complexity index is 431. The van der Waals surface area contributed by atoms with Gasteiger partial charge in [-0.2, -0.15) is 0 Å². The van der Waals surface area contributed by atoms with E-state index in [4.69, 9.17) is 0 Å². The summed E-state index contributed by atoms with van der Waals surface area (Å²) in [5.41, 5.74) is 3.83. The summed E-state index contributed by atoms with van der Waals surface area (Å²) in [4.78, 5) is 4.13. The van der Waals surface area contributed by atoms with Gasteiger partial charge in [-0.05, 0) is 35.1 Å². The van der Waals surface area contributed by atoms with Crippen LogP contribution in [-0.2, 0) is 0 Å². The minimum Gasteiger partial charge on any atom is -0.264 e. The lowest BCUT2D eigenvalue weighted by atomic mass is 9.96. The first-order valence-corrected chi connectivity index (χ1v) is 5.81. The van der Waals surface area contributed by atoms with Crippen molar-refractivity contribution in [2.24, 2.45) is 0 Å². The van der Waals surface area contributed by atoms with Gasteiger partial charge in [0.25, 0.3) is 0 Å². The van der Waals surface area contributed by atoms with Crippen LogP contribution in [-0.4, -0.2) is 4.98 Å². The minimum absolute atomic E-state index is 0.642. The molecule has 1 aromatic heterocycles. The van der Waals surface area contributed by atoms with Crippen molar-refractivity contribution in [2.45, 2.75) is 26.2 Å². The van der Waals surface area contributed by atoms with Crippen LogP contribution in [0.3, 0.4) is 0 Å². The molecule has 1 heteroatoms. The third-order valence-electron chi connectivity index (χ3n) is 3.09. The average molecular weight is 211 g/mol. The molecular formula is C15H17N. The first-order chi connectivity index (χ1) is 7.81. The van der Waals surface area contributed by atoms with Crippen LogP contribution in [0.2, 0.25) is 0 Å². The van der Waals surface area contributed by atoms with Crippen molar-refractivity contribution in [2.75, 3.05) is 0 Å². The maximum Gasteiger partial charge on any atom is 0.0346 e. The highest BCUT2D eigenvalue weighted by atomic mass is 14.6. The van der Waals surface area contributed by atoms with Gasteiger partial charge in [-0.3, -0.25) is 4.98 Å². The van der Waals surface area contributed by atoms with E-state index < -0.39 is 0 Å². The van der Waals surface area contributed by atoms with Crippen molar-refractivity contribution < 1.29 is 0 Å². The van der Waals surface area contributed by atoms with Gasteiger partial charge in [-0.1, -0.05) is 44.2 Å². The zero-order valence-corrected chi connectivity index (χ0v) is 9.85. The molecule has 0 radical (unpaired) electrons. The van der Waals surface area contributed by atoms with E-state index in [1.165, 1.54) is 23.1 Å². The molecule has 0 spiro atoms. The topological polar surface area (TPSA) is 12.9 Å². The van der Waals surface area contributed by atoms with Gasteiger partial charge >= 0.3 is 0 Å². The summed E-state index contributed by atoms with van der Waals surface area (Å²) in [7, 11) is 0. The second-order valence-electron chi connectivity index (χ2n) is 4.17. The number of nitrogens with zero attached hydrogens (tertiary/aromatic N) is 1. The molecular weight excluding hydrogens is 194 g/mol. The molecule has 2 rings (SSSR count). The maximum atomic E-state index is 4.13. The van der Waals surface area contributed by atoms with E-state index in [1.54, 1.807) is 6.20 Å². The van der Waals surface area contributed by atoms with Crippen molar-refractivity contribution in [3.63, 3.8) is 0 Å². The third-order valence-corrected chi connectivity index (χ3v) is 3.09. The first-order valence-electron chi connectivity index (χ1n) is 5.81. The fourth-order valence-electron chi connectivity index (χ4n) is 1.77. The summed E-state index contributed by atoms with van der Waals surface area (Å²) < 4.78 is 0. The zero-order chi connectivity index (χ0) is 11.4. The largest absolute Gasteiger partial charge is 0.264 e. The van der Waals surface area contributed by atoms with Gasteiger partial charge in [0.15, 0.2) is 0 Å². The Kier molecular flexibility index (Phi) is 3.35. The van der Waals surface area contributed by atoms with Gasteiger partial charge in [0, 0.05) is 12.4 Å². The molecule has 1 atom stereocenters. The van der Waals surface area contributed by atoms with Crippen molar-refractivity contribution >= 4 is 0 Å². The van der Waals surface area contributed by atoms with Crippen LogP contribution >= 0.6 is 0 Å². The van der Waals surface area contributed by atoms with Gasteiger partial charge in [0.2, 0.25) is 0 Å². The Morgan fingerprint density at radius 1 is 1.06 bits per heavy atom. The van der Waals surface area contributed by atoms with E-state index in [-0.39, 0.29) is 0 Å². The Morgan fingerprint density at radius 3 is 2.38 bits per heavy atom. The Morgan fingerprint density at radius 2 is 1.81 bits per heavy atom. The lowest BCUT2D eigenvalue weighted by molar-refractivity contribution is 0.734. The van der Waals surface area contributed by atoms with Gasteiger partial charge < -0.3 is 0 Å². The quantitative estimate of drug-likeness (QED) is 0.739.